The van der Waals surface area contributed by atoms with Crippen LogP contribution >= 0.6 is 11.6 Å². The lowest BCUT2D eigenvalue weighted by molar-refractivity contribution is 0.274. The maximum Gasteiger partial charge on any atom is 0.134 e. The topological polar surface area (TPSA) is 47.0 Å². The average Bonchev–Trinajstić information content (AvgIpc) is 2.47. The van der Waals surface area contributed by atoms with E-state index in [-0.39, 0.29) is 6.04 Å². The molecule has 1 aromatic carbocycles. The molecule has 2 aromatic rings. The molecule has 0 saturated carbocycles. The van der Waals surface area contributed by atoms with Crippen LogP contribution in [0.25, 0.3) is 0 Å². The minimum Gasteiger partial charge on any atom is -0.493 e. The van der Waals surface area contributed by atoms with Crippen molar-refractivity contribution >= 4 is 17.4 Å². The van der Waals surface area contributed by atoms with Crippen molar-refractivity contribution in [3.8, 4) is 5.75 Å². The second-order valence-corrected chi connectivity index (χ2v) is 5.50. The van der Waals surface area contributed by atoms with Gasteiger partial charge in [0.2, 0.25) is 0 Å². The molecule has 0 radical (unpaired) electrons. The van der Waals surface area contributed by atoms with Gasteiger partial charge < -0.3 is 10.1 Å². The first-order valence-electron chi connectivity index (χ1n) is 7.28. The van der Waals surface area contributed by atoms with Gasteiger partial charge >= 0.3 is 0 Å². The van der Waals surface area contributed by atoms with Gasteiger partial charge in [-0.15, -0.1) is 0 Å². The van der Waals surface area contributed by atoms with Gasteiger partial charge in [-0.25, -0.2) is 9.97 Å². The van der Waals surface area contributed by atoms with Crippen LogP contribution in [0.5, 0.6) is 5.75 Å². The maximum absolute atomic E-state index is 6.09. The van der Waals surface area contributed by atoms with Gasteiger partial charge in [-0.1, -0.05) is 36.7 Å². The van der Waals surface area contributed by atoms with Crippen LogP contribution < -0.4 is 10.1 Å². The molecule has 0 saturated heterocycles. The molecule has 5 heteroatoms. The molecule has 1 unspecified atom stereocenters. The van der Waals surface area contributed by atoms with Crippen LogP contribution in [0.1, 0.15) is 37.2 Å². The van der Waals surface area contributed by atoms with E-state index in [1.54, 1.807) is 6.07 Å². The molecular weight excluding hydrogens is 286 g/mol. The number of fused-ring (bicyclic) bond motifs is 1. The quantitative estimate of drug-likeness (QED) is 0.867. The highest BCUT2D eigenvalue weighted by molar-refractivity contribution is 6.29. The number of anilines is 1. The number of para-hydroxylation sites is 1. The lowest BCUT2D eigenvalue weighted by atomic mass is 10.0. The fraction of sp³-hybridized carbons (Fsp3) is 0.375. The van der Waals surface area contributed by atoms with Gasteiger partial charge in [-0.05, 0) is 12.5 Å². The zero-order chi connectivity index (χ0) is 14.7. The van der Waals surface area contributed by atoms with Gasteiger partial charge in [0, 0.05) is 24.5 Å². The summed E-state index contributed by atoms with van der Waals surface area (Å²) in [5.41, 5.74) is 1.16. The fourth-order valence-electron chi connectivity index (χ4n) is 2.54. The van der Waals surface area contributed by atoms with Crippen molar-refractivity contribution in [3.63, 3.8) is 0 Å². The minimum absolute atomic E-state index is 0.190. The van der Waals surface area contributed by atoms with E-state index in [2.05, 4.69) is 28.3 Å². The molecule has 0 spiro atoms. The maximum atomic E-state index is 6.09. The zero-order valence-corrected chi connectivity index (χ0v) is 12.7. The number of rotatable bonds is 4. The molecule has 1 aliphatic heterocycles. The molecule has 2 heterocycles. The smallest absolute Gasteiger partial charge is 0.134 e. The summed E-state index contributed by atoms with van der Waals surface area (Å²) in [5, 5.41) is 3.94. The van der Waals surface area contributed by atoms with Crippen LogP contribution in [0.4, 0.5) is 5.82 Å². The molecule has 0 fully saturated rings. The summed E-state index contributed by atoms with van der Waals surface area (Å²) in [7, 11) is 0. The monoisotopic (exact) mass is 303 g/mol. The Morgan fingerprint density at radius 2 is 2.19 bits per heavy atom. The third kappa shape index (κ3) is 3.27. The van der Waals surface area contributed by atoms with Gasteiger partial charge in [0.1, 0.15) is 22.5 Å². The predicted molar refractivity (Wildman–Crippen MR) is 84.0 cm³/mol. The molecule has 1 atom stereocenters. The largest absolute Gasteiger partial charge is 0.493 e. The Morgan fingerprint density at radius 3 is 3.05 bits per heavy atom. The average molecular weight is 304 g/mol. The molecule has 1 aliphatic rings. The van der Waals surface area contributed by atoms with Gasteiger partial charge in [0.05, 0.1) is 12.6 Å². The molecule has 3 rings (SSSR count). The van der Waals surface area contributed by atoms with Crippen LogP contribution in [0.15, 0.2) is 30.3 Å². The highest BCUT2D eigenvalue weighted by Crippen LogP contribution is 2.33. The number of nitrogens with one attached hydrogen (secondary N) is 1. The van der Waals surface area contributed by atoms with E-state index in [0.29, 0.717) is 11.8 Å². The van der Waals surface area contributed by atoms with Gasteiger partial charge in [0.25, 0.3) is 0 Å². The van der Waals surface area contributed by atoms with Gasteiger partial charge in [-0.2, -0.15) is 0 Å². The van der Waals surface area contributed by atoms with Crippen molar-refractivity contribution in [2.45, 2.75) is 32.2 Å². The van der Waals surface area contributed by atoms with E-state index in [0.717, 1.165) is 42.2 Å². The normalized spacial score (nSPS) is 17.0. The van der Waals surface area contributed by atoms with Crippen molar-refractivity contribution in [1.82, 2.24) is 9.97 Å². The van der Waals surface area contributed by atoms with Crippen molar-refractivity contribution in [1.29, 1.82) is 0 Å². The van der Waals surface area contributed by atoms with Crippen molar-refractivity contribution in [2.75, 3.05) is 11.9 Å². The van der Waals surface area contributed by atoms with Crippen LogP contribution in [-0.4, -0.2) is 16.6 Å². The summed E-state index contributed by atoms with van der Waals surface area (Å²) in [6.45, 7) is 2.81. The first-order chi connectivity index (χ1) is 10.3. The molecule has 4 nitrogen and oxygen atoms in total. The Morgan fingerprint density at radius 1 is 1.33 bits per heavy atom. The highest BCUT2D eigenvalue weighted by atomic mass is 35.5. The van der Waals surface area contributed by atoms with Gasteiger partial charge in [0.15, 0.2) is 0 Å². The number of ether oxygens (including phenoxy) is 1. The third-order valence-electron chi connectivity index (χ3n) is 3.50. The lowest BCUT2D eigenvalue weighted by Crippen LogP contribution is -2.21. The fourth-order valence-corrected chi connectivity index (χ4v) is 2.75. The molecule has 0 aliphatic carbocycles. The van der Waals surface area contributed by atoms with E-state index >= 15 is 0 Å². The Kier molecular flexibility index (Phi) is 4.25. The number of hydrogen-bond donors (Lipinski definition) is 1. The first-order valence-corrected chi connectivity index (χ1v) is 7.66. The lowest BCUT2D eigenvalue weighted by Gasteiger charge is -2.27. The summed E-state index contributed by atoms with van der Waals surface area (Å²) in [6, 6.07) is 10.1. The number of aryl methyl sites for hydroxylation is 1. The number of halogens is 1. The van der Waals surface area contributed by atoms with Crippen molar-refractivity contribution in [2.24, 2.45) is 0 Å². The van der Waals surface area contributed by atoms with Crippen LogP contribution in [0.3, 0.4) is 0 Å². The number of nitrogens with zero attached hydrogens (tertiary/aromatic N) is 2. The number of hydrogen-bond acceptors (Lipinski definition) is 4. The summed E-state index contributed by atoms with van der Waals surface area (Å²) in [6.07, 6.45) is 2.74. The Labute approximate surface area is 129 Å². The minimum atomic E-state index is 0.190. The first kappa shape index (κ1) is 14.1. The molecule has 110 valence electrons. The second kappa shape index (κ2) is 6.31. The van der Waals surface area contributed by atoms with E-state index in [9.17, 15) is 0 Å². The molecule has 1 aromatic heterocycles. The summed E-state index contributed by atoms with van der Waals surface area (Å²) >= 11 is 6.09. The van der Waals surface area contributed by atoms with Gasteiger partial charge in [-0.3, -0.25) is 0 Å². The highest BCUT2D eigenvalue weighted by Gasteiger charge is 2.21. The van der Waals surface area contributed by atoms with E-state index < -0.39 is 0 Å². The molecular formula is C16H18ClN3O. The number of benzene rings is 1. The van der Waals surface area contributed by atoms with Crippen molar-refractivity contribution in [3.05, 3.63) is 46.9 Å². The molecule has 0 amide bonds. The van der Waals surface area contributed by atoms with Crippen molar-refractivity contribution < 1.29 is 4.74 Å². The third-order valence-corrected chi connectivity index (χ3v) is 3.69. The van der Waals surface area contributed by atoms with Crippen LogP contribution in [0, 0.1) is 0 Å². The molecule has 0 bridgehead atoms. The van der Waals surface area contributed by atoms with E-state index in [4.69, 9.17) is 16.3 Å². The predicted octanol–water partition coefficient (Wildman–Crippen LogP) is 4.02. The summed E-state index contributed by atoms with van der Waals surface area (Å²) < 4.78 is 5.68. The van der Waals surface area contributed by atoms with E-state index in [1.807, 2.05) is 18.2 Å². The number of aromatic nitrogens is 2. The summed E-state index contributed by atoms with van der Waals surface area (Å²) in [5.74, 6) is 2.50. The van der Waals surface area contributed by atoms with E-state index in [1.165, 1.54) is 0 Å². The van der Waals surface area contributed by atoms with Crippen LogP contribution in [0.2, 0.25) is 5.15 Å². The Bertz CT molecular complexity index is 633. The Hall–Kier alpha value is -1.81. The second-order valence-electron chi connectivity index (χ2n) is 5.11. The Balaban J connectivity index is 1.84. The SMILES string of the molecule is CCCc1nc(Cl)cc(NC2CCOc3ccccc32)n1. The summed E-state index contributed by atoms with van der Waals surface area (Å²) in [4.78, 5) is 8.79. The molecule has 1 N–H and O–H groups in total. The zero-order valence-electron chi connectivity index (χ0n) is 12.0. The standard InChI is InChI=1S/C16H18ClN3O/c1-2-5-15-19-14(17)10-16(20-15)18-12-8-9-21-13-7-4-3-6-11(12)13/h3-4,6-7,10,12H,2,5,8-9H2,1H3,(H,18,19,20). The van der Waals surface area contributed by atoms with Crippen LogP contribution in [-0.2, 0) is 6.42 Å². The molecule has 21 heavy (non-hydrogen) atoms.